The molecule has 1 unspecified atom stereocenters. The number of aliphatic hydroxyl groups is 1. The van der Waals surface area contributed by atoms with Crippen molar-refractivity contribution in [1.29, 1.82) is 0 Å². The molecule has 1 atom stereocenters. The van der Waals surface area contributed by atoms with Gasteiger partial charge in [-0.25, -0.2) is 0 Å². The van der Waals surface area contributed by atoms with Crippen molar-refractivity contribution in [2.75, 3.05) is 26.8 Å². The van der Waals surface area contributed by atoms with E-state index in [2.05, 4.69) is 6.92 Å². The summed E-state index contributed by atoms with van der Waals surface area (Å²) in [6, 6.07) is 13.0. The van der Waals surface area contributed by atoms with Gasteiger partial charge in [0.2, 0.25) is 0 Å². The summed E-state index contributed by atoms with van der Waals surface area (Å²) in [4.78, 5) is 14.5. The molecule has 1 saturated heterocycles. The SMILES string of the molecule is COc1cccc(C(=O)N2CCCC(O)(COc3ccc(C)c(C)c3)C2)c1. The van der Waals surface area contributed by atoms with Gasteiger partial charge < -0.3 is 19.5 Å². The molecule has 3 rings (SSSR count). The molecule has 2 aromatic rings. The number of piperidine rings is 1. The molecule has 5 nitrogen and oxygen atoms in total. The quantitative estimate of drug-likeness (QED) is 0.878. The predicted molar refractivity (Wildman–Crippen MR) is 104 cm³/mol. The second-order valence-corrected chi connectivity index (χ2v) is 7.32. The highest BCUT2D eigenvalue weighted by atomic mass is 16.5. The number of likely N-dealkylation sites (tertiary alicyclic amines) is 1. The third-order valence-corrected chi connectivity index (χ3v) is 5.15. The van der Waals surface area contributed by atoms with Crippen LogP contribution < -0.4 is 9.47 Å². The van der Waals surface area contributed by atoms with E-state index in [1.54, 1.807) is 36.3 Å². The Balaban J connectivity index is 1.66. The van der Waals surface area contributed by atoms with E-state index in [4.69, 9.17) is 9.47 Å². The molecule has 0 bridgehead atoms. The fourth-order valence-electron chi connectivity index (χ4n) is 3.36. The van der Waals surface area contributed by atoms with Crippen LogP contribution in [-0.2, 0) is 0 Å². The van der Waals surface area contributed by atoms with Crippen molar-refractivity contribution in [3.63, 3.8) is 0 Å². The van der Waals surface area contributed by atoms with E-state index in [0.717, 1.165) is 17.7 Å². The molecule has 1 heterocycles. The number of hydrogen-bond donors (Lipinski definition) is 1. The van der Waals surface area contributed by atoms with Gasteiger partial charge in [0.25, 0.3) is 5.91 Å². The van der Waals surface area contributed by atoms with Crippen LogP contribution in [0.15, 0.2) is 42.5 Å². The monoisotopic (exact) mass is 369 g/mol. The molecule has 1 N–H and O–H groups in total. The summed E-state index contributed by atoms with van der Waals surface area (Å²) in [6.45, 7) is 5.13. The summed E-state index contributed by atoms with van der Waals surface area (Å²) in [5.74, 6) is 1.28. The van der Waals surface area contributed by atoms with Crippen LogP contribution in [0.1, 0.15) is 34.3 Å². The summed E-state index contributed by atoms with van der Waals surface area (Å²) in [7, 11) is 1.58. The summed E-state index contributed by atoms with van der Waals surface area (Å²) >= 11 is 0. The van der Waals surface area contributed by atoms with Crippen LogP contribution in [-0.4, -0.2) is 48.3 Å². The molecule has 1 amide bonds. The minimum Gasteiger partial charge on any atom is -0.497 e. The third kappa shape index (κ3) is 4.61. The Morgan fingerprint density at radius 2 is 1.96 bits per heavy atom. The number of hydrogen-bond acceptors (Lipinski definition) is 4. The van der Waals surface area contributed by atoms with Gasteiger partial charge in [0.1, 0.15) is 23.7 Å². The van der Waals surface area contributed by atoms with Crippen LogP contribution in [0.4, 0.5) is 0 Å². The van der Waals surface area contributed by atoms with Crippen molar-refractivity contribution in [3.05, 3.63) is 59.2 Å². The van der Waals surface area contributed by atoms with Crippen molar-refractivity contribution in [2.24, 2.45) is 0 Å². The van der Waals surface area contributed by atoms with Crippen molar-refractivity contribution in [1.82, 2.24) is 4.90 Å². The predicted octanol–water partition coefficient (Wildman–Crippen LogP) is 3.36. The number of ether oxygens (including phenoxy) is 2. The molecule has 0 saturated carbocycles. The van der Waals surface area contributed by atoms with Crippen molar-refractivity contribution in [3.8, 4) is 11.5 Å². The van der Waals surface area contributed by atoms with Crippen LogP contribution in [0.3, 0.4) is 0 Å². The lowest BCUT2D eigenvalue weighted by atomic mass is 9.93. The van der Waals surface area contributed by atoms with Crippen LogP contribution in [0.5, 0.6) is 11.5 Å². The van der Waals surface area contributed by atoms with Gasteiger partial charge in [0.15, 0.2) is 0 Å². The number of rotatable bonds is 5. The van der Waals surface area contributed by atoms with Gasteiger partial charge in [0, 0.05) is 12.1 Å². The largest absolute Gasteiger partial charge is 0.497 e. The molecule has 0 spiro atoms. The van der Waals surface area contributed by atoms with Gasteiger partial charge in [0.05, 0.1) is 13.7 Å². The summed E-state index contributed by atoms with van der Waals surface area (Å²) in [5.41, 5.74) is 1.87. The van der Waals surface area contributed by atoms with E-state index in [1.165, 1.54) is 5.56 Å². The van der Waals surface area contributed by atoms with Crippen LogP contribution in [0.25, 0.3) is 0 Å². The zero-order chi connectivity index (χ0) is 19.4. The molecule has 0 aliphatic carbocycles. The Kier molecular flexibility index (Phi) is 5.71. The van der Waals surface area contributed by atoms with E-state index in [9.17, 15) is 9.90 Å². The fourth-order valence-corrected chi connectivity index (χ4v) is 3.36. The maximum Gasteiger partial charge on any atom is 0.254 e. The lowest BCUT2D eigenvalue weighted by molar-refractivity contribution is -0.0532. The minimum atomic E-state index is -1.05. The normalized spacial score (nSPS) is 19.6. The van der Waals surface area contributed by atoms with Gasteiger partial charge in [-0.2, -0.15) is 0 Å². The van der Waals surface area contributed by atoms with Gasteiger partial charge in [-0.1, -0.05) is 12.1 Å². The summed E-state index contributed by atoms with van der Waals surface area (Å²) < 4.78 is 11.0. The zero-order valence-corrected chi connectivity index (χ0v) is 16.2. The maximum atomic E-state index is 12.8. The van der Waals surface area contributed by atoms with E-state index in [-0.39, 0.29) is 19.1 Å². The summed E-state index contributed by atoms with van der Waals surface area (Å²) in [6.07, 6.45) is 1.35. The number of aryl methyl sites for hydroxylation is 2. The highest BCUT2D eigenvalue weighted by Crippen LogP contribution is 2.25. The Bertz CT molecular complexity index is 820. The van der Waals surface area contributed by atoms with Gasteiger partial charge >= 0.3 is 0 Å². The highest BCUT2D eigenvalue weighted by Gasteiger charge is 2.36. The first-order valence-corrected chi connectivity index (χ1v) is 9.26. The Morgan fingerprint density at radius 3 is 2.70 bits per heavy atom. The minimum absolute atomic E-state index is 0.0989. The van der Waals surface area contributed by atoms with E-state index in [1.807, 2.05) is 25.1 Å². The highest BCUT2D eigenvalue weighted by molar-refractivity contribution is 5.94. The first kappa shape index (κ1) is 19.2. The molecular weight excluding hydrogens is 342 g/mol. The second-order valence-electron chi connectivity index (χ2n) is 7.32. The Morgan fingerprint density at radius 1 is 1.15 bits per heavy atom. The zero-order valence-electron chi connectivity index (χ0n) is 16.2. The lowest BCUT2D eigenvalue weighted by Gasteiger charge is -2.39. The molecule has 144 valence electrons. The maximum absolute atomic E-state index is 12.8. The number of methoxy groups -OCH3 is 1. The number of nitrogens with zero attached hydrogens (tertiary/aromatic N) is 1. The standard InChI is InChI=1S/C22H27NO4/c1-16-8-9-20(12-17(16)2)27-15-22(25)10-5-11-23(14-22)21(24)18-6-4-7-19(13-18)26-3/h4,6-9,12-13,25H,5,10-11,14-15H2,1-3H3. The van der Waals surface area contributed by atoms with Crippen LogP contribution >= 0.6 is 0 Å². The molecular formula is C22H27NO4. The van der Waals surface area contributed by atoms with Gasteiger partial charge in [-0.05, 0) is 68.1 Å². The van der Waals surface area contributed by atoms with Crippen LogP contribution in [0, 0.1) is 13.8 Å². The van der Waals surface area contributed by atoms with Crippen molar-refractivity contribution in [2.45, 2.75) is 32.3 Å². The van der Waals surface area contributed by atoms with Crippen LogP contribution in [0.2, 0.25) is 0 Å². The Hall–Kier alpha value is -2.53. The smallest absolute Gasteiger partial charge is 0.254 e. The molecule has 5 heteroatoms. The molecule has 1 aliphatic rings. The average molecular weight is 369 g/mol. The first-order valence-electron chi connectivity index (χ1n) is 9.26. The summed E-state index contributed by atoms with van der Waals surface area (Å²) in [5, 5.41) is 11.0. The van der Waals surface area contributed by atoms with Crippen molar-refractivity contribution >= 4 is 5.91 Å². The fraction of sp³-hybridized carbons (Fsp3) is 0.409. The van der Waals surface area contributed by atoms with E-state index >= 15 is 0 Å². The molecule has 0 aromatic heterocycles. The number of carbonyl (C=O) groups is 1. The van der Waals surface area contributed by atoms with E-state index in [0.29, 0.717) is 24.3 Å². The lowest BCUT2D eigenvalue weighted by Crippen LogP contribution is -2.53. The average Bonchev–Trinajstić information content (AvgIpc) is 2.68. The molecule has 0 radical (unpaired) electrons. The molecule has 1 aliphatic heterocycles. The Labute approximate surface area is 160 Å². The van der Waals surface area contributed by atoms with Gasteiger partial charge in [-0.3, -0.25) is 4.79 Å². The second kappa shape index (κ2) is 8.01. The van der Waals surface area contributed by atoms with E-state index < -0.39 is 5.60 Å². The topological polar surface area (TPSA) is 59.0 Å². The number of benzene rings is 2. The number of amides is 1. The molecule has 27 heavy (non-hydrogen) atoms. The number of β-amino-alcohol motifs (C(OH)–C–C–N with tert-alkyl or cyclic N) is 1. The van der Waals surface area contributed by atoms with Gasteiger partial charge in [-0.15, -0.1) is 0 Å². The number of carbonyl (C=O) groups excluding carboxylic acids is 1. The molecule has 2 aromatic carbocycles. The molecule has 1 fully saturated rings. The third-order valence-electron chi connectivity index (χ3n) is 5.15. The van der Waals surface area contributed by atoms with Crippen molar-refractivity contribution < 1.29 is 19.4 Å². The first-order chi connectivity index (χ1) is 12.9.